The van der Waals surface area contributed by atoms with E-state index >= 15 is 0 Å². The zero-order chi connectivity index (χ0) is 13.8. The molecule has 1 heterocycles. The van der Waals surface area contributed by atoms with Crippen LogP contribution in [0.1, 0.15) is 25.3 Å². The van der Waals surface area contributed by atoms with Gasteiger partial charge in [-0.25, -0.2) is 0 Å². The number of nitrogens with one attached hydrogen (secondary N) is 1. The number of rotatable bonds is 2. The second-order valence-electron chi connectivity index (χ2n) is 5.16. The molecule has 4 heteroatoms. The van der Waals surface area contributed by atoms with Crippen LogP contribution in [-0.4, -0.2) is 25.5 Å². The number of nitrogens with zero attached hydrogens (tertiary/aromatic N) is 2. The number of hydrogen-bond donors (Lipinski definition) is 1. The van der Waals surface area contributed by atoms with E-state index in [9.17, 15) is 4.79 Å². The van der Waals surface area contributed by atoms with Crippen LogP contribution in [0, 0.1) is 17.2 Å². The minimum atomic E-state index is -0.138. The van der Waals surface area contributed by atoms with Crippen LogP contribution in [0.15, 0.2) is 24.3 Å². The Kier molecular flexibility index (Phi) is 4.18. The van der Waals surface area contributed by atoms with Crippen LogP contribution in [0.25, 0.3) is 0 Å². The van der Waals surface area contributed by atoms with Crippen molar-refractivity contribution in [1.29, 1.82) is 5.26 Å². The van der Waals surface area contributed by atoms with E-state index in [0.717, 1.165) is 19.4 Å². The number of likely N-dealkylation sites (N-methyl/N-ethyl adjacent to an activating group) is 1. The lowest BCUT2D eigenvalue weighted by molar-refractivity contribution is -0.121. The fourth-order valence-corrected chi connectivity index (χ4v) is 2.51. The van der Waals surface area contributed by atoms with Gasteiger partial charge in [-0.2, -0.15) is 5.26 Å². The van der Waals surface area contributed by atoms with Gasteiger partial charge in [-0.05, 0) is 37.4 Å². The first kappa shape index (κ1) is 13.6. The molecule has 1 amide bonds. The average Bonchev–Trinajstić information content (AvgIpc) is 2.45. The second-order valence-corrected chi connectivity index (χ2v) is 5.16. The average molecular weight is 257 g/mol. The molecule has 1 aliphatic heterocycles. The van der Waals surface area contributed by atoms with Crippen molar-refractivity contribution in [2.45, 2.75) is 25.8 Å². The molecule has 0 aromatic heterocycles. The number of benzene rings is 1. The Morgan fingerprint density at radius 2 is 2.21 bits per heavy atom. The predicted octanol–water partition coefficient (Wildman–Crippen LogP) is 1.91. The summed E-state index contributed by atoms with van der Waals surface area (Å²) in [5.74, 6) is 0.601. The lowest BCUT2D eigenvalue weighted by atomic mass is 9.93. The zero-order valence-corrected chi connectivity index (χ0v) is 11.4. The first-order valence-electron chi connectivity index (χ1n) is 6.63. The lowest BCUT2D eigenvalue weighted by Crippen LogP contribution is -2.49. The number of hydrogen-bond acceptors (Lipinski definition) is 3. The first-order chi connectivity index (χ1) is 9.13. The molecule has 2 unspecified atom stereocenters. The Morgan fingerprint density at radius 3 is 2.89 bits per heavy atom. The van der Waals surface area contributed by atoms with Crippen LogP contribution in [0.4, 0.5) is 5.69 Å². The molecule has 1 fully saturated rings. The third kappa shape index (κ3) is 2.94. The topological polar surface area (TPSA) is 56.1 Å². The third-order valence-corrected chi connectivity index (χ3v) is 3.68. The summed E-state index contributed by atoms with van der Waals surface area (Å²) in [5.41, 5.74) is 1.21. The number of carbonyl (C=O) groups excluding carboxylic acids is 1. The highest BCUT2D eigenvalue weighted by Crippen LogP contribution is 2.22. The van der Waals surface area contributed by atoms with Crippen molar-refractivity contribution in [3.05, 3.63) is 29.8 Å². The Labute approximate surface area is 114 Å². The molecule has 4 nitrogen and oxygen atoms in total. The maximum absolute atomic E-state index is 12.5. The molecule has 0 aliphatic carbocycles. The predicted molar refractivity (Wildman–Crippen MR) is 74.8 cm³/mol. The van der Waals surface area contributed by atoms with Crippen LogP contribution in [-0.2, 0) is 4.79 Å². The smallest absolute Gasteiger partial charge is 0.243 e. The number of piperidine rings is 1. The van der Waals surface area contributed by atoms with E-state index in [-0.39, 0.29) is 11.9 Å². The summed E-state index contributed by atoms with van der Waals surface area (Å²) in [6.07, 6.45) is 1.97. The van der Waals surface area contributed by atoms with Crippen LogP contribution < -0.4 is 10.2 Å². The molecule has 1 saturated heterocycles. The van der Waals surface area contributed by atoms with Gasteiger partial charge in [0.15, 0.2) is 0 Å². The summed E-state index contributed by atoms with van der Waals surface area (Å²) in [4.78, 5) is 14.1. The normalized spacial score (nSPS) is 22.6. The fourth-order valence-electron chi connectivity index (χ4n) is 2.51. The highest BCUT2D eigenvalue weighted by molar-refractivity contribution is 5.97. The monoisotopic (exact) mass is 257 g/mol. The van der Waals surface area contributed by atoms with Crippen LogP contribution in [0.5, 0.6) is 0 Å². The zero-order valence-electron chi connectivity index (χ0n) is 11.4. The van der Waals surface area contributed by atoms with Crippen LogP contribution in [0.2, 0.25) is 0 Å². The summed E-state index contributed by atoms with van der Waals surface area (Å²) in [5, 5.41) is 12.4. The number of anilines is 1. The first-order valence-corrected chi connectivity index (χ1v) is 6.63. The molecule has 0 spiro atoms. The van der Waals surface area contributed by atoms with Crippen molar-refractivity contribution in [3.63, 3.8) is 0 Å². The number of amides is 1. The van der Waals surface area contributed by atoms with Gasteiger partial charge in [0.25, 0.3) is 0 Å². The van der Waals surface area contributed by atoms with E-state index in [1.807, 2.05) is 12.1 Å². The molecule has 19 heavy (non-hydrogen) atoms. The van der Waals surface area contributed by atoms with E-state index < -0.39 is 0 Å². The molecule has 1 aromatic rings. The van der Waals surface area contributed by atoms with Gasteiger partial charge in [-0.3, -0.25) is 4.79 Å². The van der Waals surface area contributed by atoms with Gasteiger partial charge in [0.2, 0.25) is 5.91 Å². The Morgan fingerprint density at radius 1 is 1.47 bits per heavy atom. The molecule has 0 saturated carbocycles. The third-order valence-electron chi connectivity index (χ3n) is 3.68. The van der Waals surface area contributed by atoms with E-state index in [1.165, 1.54) is 0 Å². The molecule has 2 rings (SSSR count). The minimum Gasteiger partial charge on any atom is -0.313 e. The van der Waals surface area contributed by atoms with E-state index in [2.05, 4.69) is 18.3 Å². The van der Waals surface area contributed by atoms with Gasteiger partial charge in [-0.15, -0.1) is 0 Å². The second kappa shape index (κ2) is 5.85. The fraction of sp³-hybridized carbons (Fsp3) is 0.467. The number of nitriles is 1. The summed E-state index contributed by atoms with van der Waals surface area (Å²) in [7, 11) is 1.74. The van der Waals surface area contributed by atoms with Crippen LogP contribution in [0.3, 0.4) is 0 Å². The Bertz CT molecular complexity index is 506. The van der Waals surface area contributed by atoms with E-state index in [4.69, 9.17) is 5.26 Å². The van der Waals surface area contributed by atoms with Gasteiger partial charge in [0.1, 0.15) is 6.07 Å². The van der Waals surface area contributed by atoms with E-state index in [1.54, 1.807) is 24.1 Å². The van der Waals surface area contributed by atoms with Crippen molar-refractivity contribution < 1.29 is 4.79 Å². The van der Waals surface area contributed by atoms with Crippen molar-refractivity contribution in [1.82, 2.24) is 5.32 Å². The van der Waals surface area contributed by atoms with Gasteiger partial charge < -0.3 is 10.2 Å². The van der Waals surface area contributed by atoms with Crippen molar-refractivity contribution in [2.24, 2.45) is 5.92 Å². The summed E-state index contributed by atoms with van der Waals surface area (Å²) < 4.78 is 0. The van der Waals surface area contributed by atoms with Crippen molar-refractivity contribution in [2.75, 3.05) is 18.5 Å². The van der Waals surface area contributed by atoms with Gasteiger partial charge >= 0.3 is 0 Å². The molecule has 100 valence electrons. The number of carbonyl (C=O) groups is 1. The van der Waals surface area contributed by atoms with Crippen molar-refractivity contribution >= 4 is 11.6 Å². The Hall–Kier alpha value is -1.86. The SMILES string of the molecule is CC1CCNC(C(=O)N(C)c2ccccc2C#N)C1. The van der Waals surface area contributed by atoms with Crippen molar-refractivity contribution in [3.8, 4) is 6.07 Å². The molecule has 1 aliphatic rings. The minimum absolute atomic E-state index is 0.0363. The lowest BCUT2D eigenvalue weighted by Gasteiger charge is -2.30. The van der Waals surface area contributed by atoms with Gasteiger partial charge in [-0.1, -0.05) is 19.1 Å². The van der Waals surface area contributed by atoms with Gasteiger partial charge in [0.05, 0.1) is 17.3 Å². The van der Waals surface area contributed by atoms with E-state index in [0.29, 0.717) is 17.2 Å². The summed E-state index contributed by atoms with van der Waals surface area (Å²) >= 11 is 0. The standard InChI is InChI=1S/C15H19N3O/c1-11-7-8-17-13(9-11)15(19)18(2)14-6-4-3-5-12(14)10-16/h3-6,11,13,17H,7-9H2,1-2H3. The quantitative estimate of drug-likeness (QED) is 0.880. The highest BCUT2D eigenvalue weighted by atomic mass is 16.2. The summed E-state index contributed by atoms with van der Waals surface area (Å²) in [6.45, 7) is 3.05. The molecular weight excluding hydrogens is 238 g/mol. The molecule has 0 bridgehead atoms. The largest absolute Gasteiger partial charge is 0.313 e. The molecule has 1 aromatic carbocycles. The highest BCUT2D eigenvalue weighted by Gasteiger charge is 2.28. The maximum atomic E-state index is 12.5. The Balaban J connectivity index is 2.17. The molecule has 2 atom stereocenters. The summed E-state index contributed by atoms with van der Waals surface area (Å²) in [6, 6.07) is 9.18. The van der Waals surface area contributed by atoms with Crippen LogP contribution >= 0.6 is 0 Å². The number of para-hydroxylation sites is 1. The molecule has 0 radical (unpaired) electrons. The molecular formula is C15H19N3O. The maximum Gasteiger partial charge on any atom is 0.243 e. The molecule has 1 N–H and O–H groups in total. The van der Waals surface area contributed by atoms with Gasteiger partial charge in [0, 0.05) is 7.05 Å².